The molecular formula is C16H14N2OS. The number of aromatic amines is 1. The number of H-pyrrole nitrogens is 1. The minimum atomic E-state index is -0.0298. The van der Waals surface area contributed by atoms with Gasteiger partial charge in [0, 0.05) is 29.1 Å². The number of hydrogen-bond donors (Lipinski definition) is 1. The number of thiazole rings is 1. The van der Waals surface area contributed by atoms with E-state index in [0.29, 0.717) is 0 Å². The summed E-state index contributed by atoms with van der Waals surface area (Å²) in [6.07, 6.45) is 2.51. The first-order chi connectivity index (χ1) is 9.72. The summed E-state index contributed by atoms with van der Waals surface area (Å²) in [5.41, 5.74) is 3.93. The maximum atomic E-state index is 11.3. The van der Waals surface area contributed by atoms with Gasteiger partial charge in [-0.2, -0.15) is 0 Å². The zero-order valence-electron chi connectivity index (χ0n) is 11.1. The molecule has 0 aliphatic carbocycles. The topological polar surface area (TPSA) is 45.8 Å². The van der Waals surface area contributed by atoms with E-state index >= 15 is 0 Å². The lowest BCUT2D eigenvalue weighted by molar-refractivity contribution is 1.07. The molecule has 3 nitrogen and oxygen atoms in total. The molecule has 1 aromatic carbocycles. The second kappa shape index (κ2) is 5.43. The van der Waals surface area contributed by atoms with Crippen molar-refractivity contribution in [2.75, 3.05) is 0 Å². The molecule has 0 spiro atoms. The Kier molecular flexibility index (Phi) is 3.48. The van der Waals surface area contributed by atoms with E-state index in [1.165, 1.54) is 0 Å². The van der Waals surface area contributed by atoms with E-state index in [2.05, 4.69) is 27.5 Å². The molecule has 0 aliphatic rings. The average molecular weight is 282 g/mol. The highest BCUT2D eigenvalue weighted by Gasteiger charge is 2.06. The second-order valence-corrected chi connectivity index (χ2v) is 5.63. The Morgan fingerprint density at radius 2 is 2.05 bits per heavy atom. The molecule has 3 rings (SSSR count). The van der Waals surface area contributed by atoms with Crippen LogP contribution in [0.2, 0.25) is 0 Å². The molecule has 1 N–H and O–H groups in total. The van der Waals surface area contributed by atoms with Crippen LogP contribution < -0.4 is 5.56 Å². The molecule has 100 valence electrons. The summed E-state index contributed by atoms with van der Waals surface area (Å²) in [6, 6.07) is 12.1. The predicted molar refractivity (Wildman–Crippen MR) is 82.2 cm³/mol. The van der Waals surface area contributed by atoms with Crippen LogP contribution in [0.5, 0.6) is 0 Å². The maximum absolute atomic E-state index is 11.3. The largest absolute Gasteiger partial charge is 0.329 e. The van der Waals surface area contributed by atoms with Gasteiger partial charge in [0.25, 0.3) is 5.56 Å². The van der Waals surface area contributed by atoms with Crippen LogP contribution in [-0.4, -0.2) is 9.97 Å². The fourth-order valence-electron chi connectivity index (χ4n) is 2.07. The summed E-state index contributed by atoms with van der Waals surface area (Å²) in [5, 5.41) is 3.12. The summed E-state index contributed by atoms with van der Waals surface area (Å²) < 4.78 is 0. The first-order valence-corrected chi connectivity index (χ1v) is 7.28. The SMILES string of the molecule is Cc1cc(Cc2nc(-c3ccccc3)cs2)c[nH]c1=O. The fraction of sp³-hybridized carbons (Fsp3) is 0.125. The Balaban J connectivity index is 1.84. The number of benzene rings is 1. The van der Waals surface area contributed by atoms with E-state index in [1.54, 1.807) is 17.5 Å². The van der Waals surface area contributed by atoms with Gasteiger partial charge in [-0.15, -0.1) is 11.3 Å². The third-order valence-electron chi connectivity index (χ3n) is 3.13. The van der Waals surface area contributed by atoms with Gasteiger partial charge in [0.2, 0.25) is 0 Å². The lowest BCUT2D eigenvalue weighted by atomic mass is 10.1. The number of aryl methyl sites for hydroxylation is 1. The van der Waals surface area contributed by atoms with Crippen molar-refractivity contribution in [3.8, 4) is 11.3 Å². The number of aromatic nitrogens is 2. The predicted octanol–water partition coefficient (Wildman–Crippen LogP) is 3.40. The Bertz CT molecular complexity index is 774. The molecular weight excluding hydrogens is 268 g/mol. The van der Waals surface area contributed by atoms with Crippen LogP contribution in [0.4, 0.5) is 0 Å². The zero-order valence-corrected chi connectivity index (χ0v) is 11.9. The summed E-state index contributed by atoms with van der Waals surface area (Å²) in [7, 11) is 0. The highest BCUT2D eigenvalue weighted by Crippen LogP contribution is 2.23. The van der Waals surface area contributed by atoms with Crippen LogP contribution in [-0.2, 0) is 6.42 Å². The molecule has 0 aliphatic heterocycles. The van der Waals surface area contributed by atoms with Crippen LogP contribution in [0.1, 0.15) is 16.1 Å². The third-order valence-corrected chi connectivity index (χ3v) is 3.97. The minimum absolute atomic E-state index is 0.0298. The van der Waals surface area contributed by atoms with E-state index < -0.39 is 0 Å². The minimum Gasteiger partial charge on any atom is -0.329 e. The Morgan fingerprint density at radius 3 is 2.80 bits per heavy atom. The number of nitrogens with zero attached hydrogens (tertiary/aromatic N) is 1. The monoisotopic (exact) mass is 282 g/mol. The van der Waals surface area contributed by atoms with Crippen molar-refractivity contribution >= 4 is 11.3 Å². The van der Waals surface area contributed by atoms with Gasteiger partial charge in [-0.1, -0.05) is 30.3 Å². The molecule has 0 saturated heterocycles. The molecule has 4 heteroatoms. The number of pyridine rings is 1. The number of hydrogen-bond acceptors (Lipinski definition) is 3. The maximum Gasteiger partial charge on any atom is 0.250 e. The molecule has 0 radical (unpaired) electrons. The van der Waals surface area contributed by atoms with Crippen LogP contribution in [0.3, 0.4) is 0 Å². The fourth-order valence-corrected chi connectivity index (χ4v) is 2.91. The molecule has 0 unspecified atom stereocenters. The molecule has 0 saturated carbocycles. The Hall–Kier alpha value is -2.20. The van der Waals surface area contributed by atoms with Gasteiger partial charge in [-0.05, 0) is 18.6 Å². The molecule has 0 fully saturated rings. The third kappa shape index (κ3) is 2.70. The van der Waals surface area contributed by atoms with Crippen molar-refractivity contribution in [2.24, 2.45) is 0 Å². The van der Waals surface area contributed by atoms with Crippen LogP contribution in [0.25, 0.3) is 11.3 Å². The lowest BCUT2D eigenvalue weighted by Crippen LogP contribution is -2.09. The smallest absolute Gasteiger partial charge is 0.250 e. The summed E-state index contributed by atoms with van der Waals surface area (Å²) in [4.78, 5) is 18.7. The van der Waals surface area contributed by atoms with Gasteiger partial charge in [0.05, 0.1) is 10.7 Å². The van der Waals surface area contributed by atoms with Gasteiger partial charge in [-0.3, -0.25) is 4.79 Å². The highest BCUT2D eigenvalue weighted by atomic mass is 32.1. The first kappa shape index (κ1) is 12.8. The van der Waals surface area contributed by atoms with Crippen LogP contribution in [0.15, 0.2) is 52.8 Å². The van der Waals surface area contributed by atoms with Gasteiger partial charge in [-0.25, -0.2) is 4.98 Å². The Morgan fingerprint density at radius 1 is 1.25 bits per heavy atom. The van der Waals surface area contributed by atoms with Crippen molar-refractivity contribution in [1.82, 2.24) is 9.97 Å². The first-order valence-electron chi connectivity index (χ1n) is 6.40. The molecule has 0 bridgehead atoms. The zero-order chi connectivity index (χ0) is 13.9. The van der Waals surface area contributed by atoms with Crippen molar-refractivity contribution in [3.05, 3.63) is 74.5 Å². The molecule has 0 atom stereocenters. The molecule has 3 aromatic rings. The van der Waals surface area contributed by atoms with E-state index in [1.807, 2.05) is 31.2 Å². The van der Waals surface area contributed by atoms with Crippen molar-refractivity contribution in [2.45, 2.75) is 13.3 Å². The van der Waals surface area contributed by atoms with Crippen molar-refractivity contribution in [3.63, 3.8) is 0 Å². The average Bonchev–Trinajstić information content (AvgIpc) is 2.92. The van der Waals surface area contributed by atoms with Gasteiger partial charge in [0.15, 0.2) is 0 Å². The standard InChI is InChI=1S/C16H14N2OS/c1-11-7-12(9-17-16(11)19)8-15-18-14(10-20-15)13-5-3-2-4-6-13/h2-7,9-10H,8H2,1H3,(H,17,19). The second-order valence-electron chi connectivity index (χ2n) is 4.69. The van der Waals surface area contributed by atoms with Gasteiger partial charge in [0.1, 0.15) is 0 Å². The van der Waals surface area contributed by atoms with E-state index in [4.69, 9.17) is 0 Å². The molecule has 0 amide bonds. The lowest BCUT2D eigenvalue weighted by Gasteiger charge is -1.99. The summed E-state index contributed by atoms with van der Waals surface area (Å²) in [5.74, 6) is 0. The normalized spacial score (nSPS) is 10.7. The Labute approximate surface area is 121 Å². The molecule has 20 heavy (non-hydrogen) atoms. The quantitative estimate of drug-likeness (QED) is 0.800. The van der Waals surface area contributed by atoms with Crippen molar-refractivity contribution in [1.29, 1.82) is 0 Å². The van der Waals surface area contributed by atoms with E-state index in [9.17, 15) is 4.79 Å². The summed E-state index contributed by atoms with van der Waals surface area (Å²) >= 11 is 1.65. The van der Waals surface area contributed by atoms with Crippen LogP contribution >= 0.6 is 11.3 Å². The highest BCUT2D eigenvalue weighted by molar-refractivity contribution is 7.10. The number of nitrogens with one attached hydrogen (secondary N) is 1. The summed E-state index contributed by atoms with van der Waals surface area (Å²) in [6.45, 7) is 1.82. The molecule has 2 aromatic heterocycles. The van der Waals surface area contributed by atoms with Gasteiger partial charge >= 0.3 is 0 Å². The van der Waals surface area contributed by atoms with Gasteiger partial charge < -0.3 is 4.98 Å². The number of rotatable bonds is 3. The van der Waals surface area contributed by atoms with E-state index in [-0.39, 0.29) is 5.56 Å². The van der Waals surface area contributed by atoms with Crippen LogP contribution in [0, 0.1) is 6.92 Å². The molecule has 2 heterocycles. The van der Waals surface area contributed by atoms with E-state index in [0.717, 1.165) is 33.8 Å². The van der Waals surface area contributed by atoms with Crippen molar-refractivity contribution < 1.29 is 0 Å².